The number of rotatable bonds is 4. The predicted octanol–water partition coefficient (Wildman–Crippen LogP) is 4.55. The fourth-order valence-electron chi connectivity index (χ4n) is 3.89. The van der Waals surface area contributed by atoms with Gasteiger partial charge in [0.1, 0.15) is 17.3 Å². The fourth-order valence-corrected chi connectivity index (χ4v) is 5.06. The van der Waals surface area contributed by atoms with Crippen molar-refractivity contribution >= 4 is 29.3 Å². The summed E-state index contributed by atoms with van der Waals surface area (Å²) >= 11 is 1.51. The van der Waals surface area contributed by atoms with Crippen LogP contribution in [0.3, 0.4) is 0 Å². The first-order valence-corrected chi connectivity index (χ1v) is 11.4. The number of aryl methyl sites for hydroxylation is 1. The van der Waals surface area contributed by atoms with Gasteiger partial charge < -0.3 is 4.74 Å². The second-order valence-electron chi connectivity index (χ2n) is 9.08. The normalized spacial score (nSPS) is 20.1. The summed E-state index contributed by atoms with van der Waals surface area (Å²) in [7, 11) is 0. The van der Waals surface area contributed by atoms with Crippen molar-refractivity contribution in [1.29, 1.82) is 0 Å². The van der Waals surface area contributed by atoms with Crippen molar-refractivity contribution < 1.29 is 18.7 Å². The van der Waals surface area contributed by atoms with Gasteiger partial charge in [0.15, 0.2) is 0 Å². The summed E-state index contributed by atoms with van der Waals surface area (Å²) in [6.45, 7) is 9.80. The lowest BCUT2D eigenvalue weighted by Crippen LogP contribution is -2.60. The lowest BCUT2D eigenvalue weighted by atomic mass is 9.99. The molecule has 2 aliphatic rings. The molecular weight excluding hydrogens is 415 g/mol. The highest BCUT2D eigenvalue weighted by atomic mass is 32.2. The minimum atomic E-state index is -0.342. The van der Waals surface area contributed by atoms with E-state index >= 15 is 0 Å². The first-order chi connectivity index (χ1) is 14.6. The molecule has 31 heavy (non-hydrogen) atoms. The van der Waals surface area contributed by atoms with E-state index in [1.54, 1.807) is 35.2 Å². The highest BCUT2D eigenvalue weighted by molar-refractivity contribution is 8.00. The average molecular weight is 443 g/mol. The maximum Gasteiger partial charge on any atom is 0.338 e. The monoisotopic (exact) mass is 442 g/mol. The van der Waals surface area contributed by atoms with E-state index in [-0.39, 0.29) is 34.7 Å². The van der Waals surface area contributed by atoms with Gasteiger partial charge in [0.05, 0.1) is 11.3 Å². The zero-order valence-electron chi connectivity index (χ0n) is 18.2. The molecule has 2 aromatic rings. The lowest BCUT2D eigenvalue weighted by molar-refractivity contribution is -0.115. The van der Waals surface area contributed by atoms with Crippen LogP contribution in [-0.4, -0.2) is 47.3 Å². The molecule has 0 N–H and O–H groups in total. The molecule has 164 valence electrons. The van der Waals surface area contributed by atoms with Crippen molar-refractivity contribution in [3.63, 3.8) is 0 Å². The number of hydrogen-bond acceptors (Lipinski definition) is 5. The number of likely N-dealkylation sites (tertiary alicyclic amines) is 1. The zero-order chi connectivity index (χ0) is 22.3. The second kappa shape index (κ2) is 8.28. The predicted molar refractivity (Wildman–Crippen MR) is 121 cm³/mol. The van der Waals surface area contributed by atoms with Crippen molar-refractivity contribution in [3.05, 3.63) is 65.0 Å². The maximum absolute atomic E-state index is 13.3. The largest absolute Gasteiger partial charge is 0.456 e. The number of halogens is 1. The second-order valence-corrected chi connectivity index (χ2v) is 10.2. The van der Waals surface area contributed by atoms with Gasteiger partial charge in [-0.25, -0.2) is 9.18 Å². The summed E-state index contributed by atoms with van der Waals surface area (Å²) in [6, 6.07) is 11.5. The molecule has 0 aliphatic carbocycles. The van der Waals surface area contributed by atoms with Gasteiger partial charge >= 0.3 is 5.97 Å². The highest BCUT2D eigenvalue weighted by Gasteiger charge is 2.37. The number of carbonyl (C=O) groups excluding carboxylic acids is 2. The summed E-state index contributed by atoms with van der Waals surface area (Å²) < 4.78 is 19.0. The van der Waals surface area contributed by atoms with Crippen LogP contribution in [0.1, 0.15) is 47.6 Å². The quantitative estimate of drug-likeness (QED) is 0.650. The zero-order valence-corrected chi connectivity index (χ0v) is 19.0. The Hall–Kier alpha value is -2.38. The minimum absolute atomic E-state index is 0.00510. The molecule has 0 spiro atoms. The van der Waals surface area contributed by atoms with Gasteiger partial charge in [-0.3, -0.25) is 14.6 Å². The molecule has 4 rings (SSSR count). The SMILES string of the molecule is Cc1cc(C(=O)OC2CN(C(C)(C)C)C2)ccc1N1C(=O)CSC1c1ccc(F)cc1. The molecule has 2 heterocycles. The number of anilines is 1. The van der Waals surface area contributed by atoms with Crippen molar-refractivity contribution in [2.24, 2.45) is 0 Å². The van der Waals surface area contributed by atoms with Crippen LogP contribution in [0.2, 0.25) is 0 Å². The van der Waals surface area contributed by atoms with Crippen LogP contribution in [0, 0.1) is 12.7 Å². The summed E-state index contributed by atoms with van der Waals surface area (Å²) in [6.07, 6.45) is -0.0916. The molecule has 0 radical (unpaired) electrons. The van der Waals surface area contributed by atoms with E-state index in [0.717, 1.165) is 29.9 Å². The number of nitrogens with zero attached hydrogens (tertiary/aromatic N) is 2. The average Bonchev–Trinajstić information content (AvgIpc) is 3.05. The fraction of sp³-hybridized carbons (Fsp3) is 0.417. The molecular formula is C24H27FN2O3S. The summed E-state index contributed by atoms with van der Waals surface area (Å²) in [5.41, 5.74) is 3.00. The molecule has 1 atom stereocenters. The number of esters is 1. The van der Waals surface area contributed by atoms with Crippen LogP contribution in [0.5, 0.6) is 0 Å². The Labute approximate surface area is 186 Å². The van der Waals surface area contributed by atoms with E-state index in [2.05, 4.69) is 25.7 Å². The Bertz CT molecular complexity index is 997. The van der Waals surface area contributed by atoms with Gasteiger partial charge in [0.25, 0.3) is 0 Å². The van der Waals surface area contributed by atoms with Crippen molar-refractivity contribution in [2.45, 2.75) is 44.7 Å². The summed E-state index contributed by atoms with van der Waals surface area (Å²) in [4.78, 5) is 29.2. The number of benzene rings is 2. The number of amides is 1. The molecule has 2 fully saturated rings. The third-order valence-electron chi connectivity index (χ3n) is 5.79. The van der Waals surface area contributed by atoms with Crippen molar-refractivity contribution in [1.82, 2.24) is 4.90 Å². The van der Waals surface area contributed by atoms with E-state index in [1.165, 1.54) is 23.9 Å². The lowest BCUT2D eigenvalue weighted by Gasteiger charge is -2.46. The van der Waals surface area contributed by atoms with Crippen molar-refractivity contribution in [3.8, 4) is 0 Å². The van der Waals surface area contributed by atoms with Gasteiger partial charge in [-0.1, -0.05) is 12.1 Å². The van der Waals surface area contributed by atoms with Crippen LogP contribution < -0.4 is 4.90 Å². The standard InChI is InChI=1S/C24H27FN2O3S/c1-15-11-17(23(29)30-19-12-26(13-19)24(2,3)4)7-10-20(15)27-21(28)14-31-22(27)16-5-8-18(25)9-6-16/h5-11,19,22H,12-14H2,1-4H3. The summed E-state index contributed by atoms with van der Waals surface area (Å²) in [5, 5.41) is -0.219. The van der Waals surface area contributed by atoms with Crippen LogP contribution in [0.15, 0.2) is 42.5 Å². The molecule has 0 bridgehead atoms. The third-order valence-corrected chi connectivity index (χ3v) is 7.00. The minimum Gasteiger partial charge on any atom is -0.456 e. The Morgan fingerprint density at radius 1 is 1.13 bits per heavy atom. The van der Waals surface area contributed by atoms with E-state index in [0.29, 0.717) is 11.3 Å². The molecule has 0 aromatic heterocycles. The molecule has 1 unspecified atom stereocenters. The maximum atomic E-state index is 13.3. The molecule has 2 aromatic carbocycles. The molecule has 2 aliphatic heterocycles. The molecule has 5 nitrogen and oxygen atoms in total. The van der Waals surface area contributed by atoms with Crippen LogP contribution in [0.4, 0.5) is 10.1 Å². The Morgan fingerprint density at radius 2 is 1.81 bits per heavy atom. The van der Waals surface area contributed by atoms with Gasteiger partial charge in [0, 0.05) is 24.3 Å². The molecule has 1 amide bonds. The summed E-state index contributed by atoms with van der Waals surface area (Å²) in [5.74, 6) is -0.294. The molecule has 2 saturated heterocycles. The molecule has 7 heteroatoms. The van der Waals surface area contributed by atoms with Crippen LogP contribution in [-0.2, 0) is 9.53 Å². The van der Waals surface area contributed by atoms with Crippen LogP contribution >= 0.6 is 11.8 Å². The number of carbonyl (C=O) groups is 2. The van der Waals surface area contributed by atoms with Gasteiger partial charge in [0.2, 0.25) is 5.91 Å². The van der Waals surface area contributed by atoms with E-state index in [4.69, 9.17) is 4.74 Å². The Morgan fingerprint density at radius 3 is 2.42 bits per heavy atom. The number of ether oxygens (including phenoxy) is 1. The third kappa shape index (κ3) is 4.48. The van der Waals surface area contributed by atoms with E-state index < -0.39 is 0 Å². The van der Waals surface area contributed by atoms with E-state index in [9.17, 15) is 14.0 Å². The first-order valence-electron chi connectivity index (χ1n) is 10.4. The van der Waals surface area contributed by atoms with E-state index in [1.807, 2.05) is 6.92 Å². The van der Waals surface area contributed by atoms with Gasteiger partial charge in [-0.05, 0) is 69.2 Å². The number of thioether (sulfide) groups is 1. The van der Waals surface area contributed by atoms with Crippen molar-refractivity contribution in [2.75, 3.05) is 23.7 Å². The van der Waals surface area contributed by atoms with Crippen LogP contribution in [0.25, 0.3) is 0 Å². The van der Waals surface area contributed by atoms with Gasteiger partial charge in [-0.15, -0.1) is 11.8 Å². The smallest absolute Gasteiger partial charge is 0.338 e. The first kappa shape index (κ1) is 21.8. The Balaban J connectivity index is 1.48. The number of hydrogen-bond donors (Lipinski definition) is 0. The topological polar surface area (TPSA) is 49.9 Å². The molecule has 0 saturated carbocycles. The van der Waals surface area contributed by atoms with Gasteiger partial charge in [-0.2, -0.15) is 0 Å². The highest BCUT2D eigenvalue weighted by Crippen LogP contribution is 2.43. The Kier molecular flexibility index (Phi) is 5.83.